The lowest BCUT2D eigenvalue weighted by molar-refractivity contribution is 0.478. The Morgan fingerprint density at radius 3 is 2.89 bits per heavy atom. The molecule has 100 valence electrons. The third-order valence-corrected chi connectivity index (χ3v) is 3.61. The molecule has 1 aliphatic rings. The fraction of sp³-hybridized carbons (Fsp3) is 0.714. The second-order valence-electron chi connectivity index (χ2n) is 5.19. The zero-order valence-electron chi connectivity index (χ0n) is 11.4. The first-order chi connectivity index (χ1) is 8.79. The van der Waals surface area contributed by atoms with E-state index in [1.165, 1.54) is 25.7 Å². The number of nitrogens with one attached hydrogen (secondary N) is 2. The first kappa shape index (κ1) is 13.3. The van der Waals surface area contributed by atoms with Crippen LogP contribution in [0.25, 0.3) is 0 Å². The second kappa shape index (κ2) is 6.69. The molecule has 1 unspecified atom stereocenters. The van der Waals surface area contributed by atoms with Crippen molar-refractivity contribution in [3.63, 3.8) is 0 Å². The van der Waals surface area contributed by atoms with Crippen molar-refractivity contribution in [2.75, 3.05) is 18.4 Å². The summed E-state index contributed by atoms with van der Waals surface area (Å²) in [7, 11) is 0. The molecule has 1 atom stereocenters. The number of hydrogen-bond donors (Lipinski definition) is 2. The zero-order valence-corrected chi connectivity index (χ0v) is 11.4. The molecule has 1 aromatic heterocycles. The van der Waals surface area contributed by atoms with Crippen LogP contribution in [0.4, 0.5) is 5.82 Å². The minimum absolute atomic E-state index is 0.520. The third-order valence-electron chi connectivity index (χ3n) is 3.61. The van der Waals surface area contributed by atoms with Crippen LogP contribution in [0.1, 0.15) is 51.1 Å². The lowest BCUT2D eigenvalue weighted by atomic mass is 10.0. The van der Waals surface area contributed by atoms with Crippen LogP contribution in [0.15, 0.2) is 12.4 Å². The Morgan fingerprint density at radius 2 is 2.17 bits per heavy atom. The Labute approximate surface area is 110 Å². The lowest BCUT2D eigenvalue weighted by Gasteiger charge is -2.24. The largest absolute Gasteiger partial charge is 0.367 e. The third kappa shape index (κ3) is 3.67. The highest BCUT2D eigenvalue weighted by atomic mass is 15.1. The van der Waals surface area contributed by atoms with Crippen LogP contribution in [-0.4, -0.2) is 29.1 Å². The SMILES string of the molecule is CCCC(C)c1cc(NC2CCNCC2)ncn1. The van der Waals surface area contributed by atoms with Gasteiger partial charge in [-0.3, -0.25) is 0 Å². The van der Waals surface area contributed by atoms with Crippen molar-refractivity contribution in [2.24, 2.45) is 0 Å². The molecule has 4 nitrogen and oxygen atoms in total. The highest BCUT2D eigenvalue weighted by molar-refractivity contribution is 5.37. The Morgan fingerprint density at radius 1 is 1.39 bits per heavy atom. The van der Waals surface area contributed by atoms with Crippen molar-refractivity contribution in [1.82, 2.24) is 15.3 Å². The molecular weight excluding hydrogens is 224 g/mol. The number of hydrogen-bond acceptors (Lipinski definition) is 4. The van der Waals surface area contributed by atoms with E-state index in [9.17, 15) is 0 Å². The normalized spacial score (nSPS) is 18.6. The van der Waals surface area contributed by atoms with E-state index < -0.39 is 0 Å². The minimum Gasteiger partial charge on any atom is -0.367 e. The van der Waals surface area contributed by atoms with Gasteiger partial charge in [0.05, 0.1) is 0 Å². The van der Waals surface area contributed by atoms with Crippen molar-refractivity contribution in [1.29, 1.82) is 0 Å². The zero-order chi connectivity index (χ0) is 12.8. The van der Waals surface area contributed by atoms with Gasteiger partial charge in [0.25, 0.3) is 0 Å². The van der Waals surface area contributed by atoms with Gasteiger partial charge in [0.15, 0.2) is 0 Å². The first-order valence-corrected chi connectivity index (χ1v) is 7.08. The first-order valence-electron chi connectivity index (χ1n) is 7.08. The smallest absolute Gasteiger partial charge is 0.129 e. The predicted octanol–water partition coefficient (Wildman–Crippen LogP) is 2.54. The van der Waals surface area contributed by atoms with Crippen LogP contribution in [0.2, 0.25) is 0 Å². The minimum atomic E-state index is 0.520. The molecule has 0 radical (unpaired) electrons. The summed E-state index contributed by atoms with van der Waals surface area (Å²) in [5, 5.41) is 6.90. The number of rotatable bonds is 5. The van der Waals surface area contributed by atoms with E-state index in [0.29, 0.717) is 12.0 Å². The molecule has 0 amide bonds. The molecule has 0 spiro atoms. The molecule has 0 aliphatic carbocycles. The van der Waals surface area contributed by atoms with Gasteiger partial charge < -0.3 is 10.6 Å². The van der Waals surface area contributed by atoms with Crippen molar-refractivity contribution in [2.45, 2.75) is 51.5 Å². The molecule has 2 rings (SSSR count). The second-order valence-corrected chi connectivity index (χ2v) is 5.19. The number of nitrogens with zero attached hydrogens (tertiary/aromatic N) is 2. The van der Waals surface area contributed by atoms with Crippen molar-refractivity contribution in [3.05, 3.63) is 18.1 Å². The summed E-state index contributed by atoms with van der Waals surface area (Å²) in [6.07, 6.45) is 6.41. The van der Waals surface area contributed by atoms with Crippen molar-refractivity contribution in [3.8, 4) is 0 Å². The van der Waals surface area contributed by atoms with Gasteiger partial charge in [-0.2, -0.15) is 0 Å². The van der Waals surface area contributed by atoms with Crippen LogP contribution in [0.3, 0.4) is 0 Å². The summed E-state index contributed by atoms with van der Waals surface area (Å²) in [6, 6.07) is 2.66. The van der Waals surface area contributed by atoms with E-state index in [0.717, 1.165) is 24.6 Å². The molecule has 1 aliphatic heterocycles. The van der Waals surface area contributed by atoms with Crippen LogP contribution in [0.5, 0.6) is 0 Å². The van der Waals surface area contributed by atoms with Crippen LogP contribution >= 0.6 is 0 Å². The van der Waals surface area contributed by atoms with Gasteiger partial charge in [-0.25, -0.2) is 9.97 Å². The number of anilines is 1. The lowest BCUT2D eigenvalue weighted by Crippen LogP contribution is -2.35. The summed E-state index contributed by atoms with van der Waals surface area (Å²) in [4.78, 5) is 8.72. The van der Waals surface area contributed by atoms with Crippen LogP contribution in [0, 0.1) is 0 Å². The summed E-state index contributed by atoms with van der Waals surface area (Å²) in [5.41, 5.74) is 1.16. The Hall–Kier alpha value is -1.16. The molecule has 1 saturated heterocycles. The standard InChI is InChI=1S/C14H24N4/c1-3-4-11(2)13-9-14(17-10-16-13)18-12-5-7-15-8-6-12/h9-12,15H,3-8H2,1-2H3,(H,16,17,18). The molecule has 0 saturated carbocycles. The summed E-state index contributed by atoms with van der Waals surface area (Å²) in [6.45, 7) is 6.65. The summed E-state index contributed by atoms with van der Waals surface area (Å²) in [5.74, 6) is 1.50. The highest BCUT2D eigenvalue weighted by Crippen LogP contribution is 2.20. The van der Waals surface area contributed by atoms with Crippen molar-refractivity contribution < 1.29 is 0 Å². The number of piperidine rings is 1. The Kier molecular flexibility index (Phi) is 4.93. The van der Waals surface area contributed by atoms with E-state index in [1.54, 1.807) is 6.33 Å². The molecule has 18 heavy (non-hydrogen) atoms. The average molecular weight is 248 g/mol. The monoisotopic (exact) mass is 248 g/mol. The van der Waals surface area contributed by atoms with Gasteiger partial charge >= 0.3 is 0 Å². The van der Waals surface area contributed by atoms with Gasteiger partial charge in [-0.15, -0.1) is 0 Å². The molecule has 2 N–H and O–H groups in total. The maximum Gasteiger partial charge on any atom is 0.129 e. The van der Waals surface area contributed by atoms with Crippen LogP contribution < -0.4 is 10.6 Å². The molecule has 2 heterocycles. The van der Waals surface area contributed by atoms with Crippen LogP contribution in [-0.2, 0) is 0 Å². The van der Waals surface area contributed by atoms with E-state index in [4.69, 9.17) is 0 Å². The van der Waals surface area contributed by atoms with Gasteiger partial charge in [-0.05, 0) is 38.3 Å². The van der Waals surface area contributed by atoms with Gasteiger partial charge in [0.2, 0.25) is 0 Å². The molecule has 0 aromatic carbocycles. The maximum absolute atomic E-state index is 4.39. The molecule has 1 aromatic rings. The van der Waals surface area contributed by atoms with Gasteiger partial charge in [0, 0.05) is 17.8 Å². The predicted molar refractivity (Wildman–Crippen MR) is 74.9 cm³/mol. The van der Waals surface area contributed by atoms with E-state index >= 15 is 0 Å². The quantitative estimate of drug-likeness (QED) is 0.841. The van der Waals surface area contributed by atoms with Crippen molar-refractivity contribution >= 4 is 5.82 Å². The fourth-order valence-corrected chi connectivity index (χ4v) is 2.48. The molecule has 0 bridgehead atoms. The topological polar surface area (TPSA) is 49.8 Å². The summed E-state index contributed by atoms with van der Waals surface area (Å²) >= 11 is 0. The average Bonchev–Trinajstić information content (AvgIpc) is 2.40. The molecule has 1 fully saturated rings. The van der Waals surface area contributed by atoms with Gasteiger partial charge in [-0.1, -0.05) is 20.3 Å². The molecular formula is C14H24N4. The van der Waals surface area contributed by atoms with Gasteiger partial charge in [0.1, 0.15) is 12.1 Å². The van der Waals surface area contributed by atoms with E-state index in [2.05, 4.69) is 40.5 Å². The van der Waals surface area contributed by atoms with E-state index in [1.807, 2.05) is 0 Å². The molecule has 4 heteroatoms. The fourth-order valence-electron chi connectivity index (χ4n) is 2.48. The maximum atomic E-state index is 4.39. The number of aromatic nitrogens is 2. The Balaban J connectivity index is 1.97. The van der Waals surface area contributed by atoms with E-state index in [-0.39, 0.29) is 0 Å². The highest BCUT2D eigenvalue weighted by Gasteiger charge is 2.14. The summed E-state index contributed by atoms with van der Waals surface area (Å²) < 4.78 is 0. The Bertz CT molecular complexity index is 361.